The molecule has 1 saturated heterocycles. The smallest absolute Gasteiger partial charge is 0.236 e. The predicted octanol–water partition coefficient (Wildman–Crippen LogP) is 2.66. The van der Waals surface area contributed by atoms with Crippen LogP contribution in [0, 0.1) is 12.8 Å². The van der Waals surface area contributed by atoms with Crippen LogP contribution in [0.25, 0.3) is 0 Å². The molecule has 0 saturated carbocycles. The molecule has 1 fully saturated rings. The number of piperidine rings is 1. The quantitative estimate of drug-likeness (QED) is 0.834. The number of likely N-dealkylation sites (tertiary alicyclic amines) is 1. The van der Waals surface area contributed by atoms with Gasteiger partial charge in [-0.05, 0) is 67.9 Å². The number of anilines is 2. The van der Waals surface area contributed by atoms with Gasteiger partial charge in [0.05, 0.1) is 6.54 Å². The maximum absolute atomic E-state index is 11.6. The first-order chi connectivity index (χ1) is 12.7. The van der Waals surface area contributed by atoms with E-state index in [2.05, 4.69) is 27.4 Å². The highest BCUT2D eigenvalue weighted by atomic mass is 16.2. The molecule has 0 aliphatic carbocycles. The molecule has 3 N–H and O–H groups in total. The average molecular weight is 353 g/mol. The normalized spacial score (nSPS) is 15.1. The molecule has 26 heavy (non-hydrogen) atoms. The van der Waals surface area contributed by atoms with Crippen molar-refractivity contribution in [3.05, 3.63) is 47.8 Å². The second-order valence-electron chi connectivity index (χ2n) is 6.91. The highest BCUT2D eigenvalue weighted by Crippen LogP contribution is 2.23. The largest absolute Gasteiger partial charge is 0.342 e. The Morgan fingerprint density at radius 3 is 2.81 bits per heavy atom. The Bertz CT molecular complexity index is 740. The van der Waals surface area contributed by atoms with Crippen molar-refractivity contribution >= 4 is 17.5 Å². The highest BCUT2D eigenvalue weighted by molar-refractivity contribution is 5.78. The summed E-state index contributed by atoms with van der Waals surface area (Å²) >= 11 is 0. The van der Waals surface area contributed by atoms with Gasteiger partial charge in [-0.15, -0.1) is 0 Å². The van der Waals surface area contributed by atoms with Gasteiger partial charge in [-0.3, -0.25) is 4.79 Å². The number of pyridine rings is 2. The molecule has 1 amide bonds. The highest BCUT2D eigenvalue weighted by Gasteiger charge is 2.21. The number of carbonyl (C=O) groups excluding carboxylic acids is 1. The van der Waals surface area contributed by atoms with Crippen LogP contribution >= 0.6 is 0 Å². The van der Waals surface area contributed by atoms with Crippen LogP contribution in [0.4, 0.5) is 11.6 Å². The van der Waals surface area contributed by atoms with E-state index >= 15 is 0 Å². The predicted molar refractivity (Wildman–Crippen MR) is 103 cm³/mol. The molecule has 138 valence electrons. The fourth-order valence-corrected chi connectivity index (χ4v) is 3.41. The first-order valence-electron chi connectivity index (χ1n) is 9.27. The van der Waals surface area contributed by atoms with Crippen LogP contribution < -0.4 is 11.1 Å². The fourth-order valence-electron chi connectivity index (χ4n) is 3.41. The lowest BCUT2D eigenvalue weighted by molar-refractivity contribution is -0.131. The van der Waals surface area contributed by atoms with Gasteiger partial charge in [-0.2, -0.15) is 0 Å². The first kappa shape index (κ1) is 18.3. The molecule has 6 nitrogen and oxygen atoms in total. The van der Waals surface area contributed by atoms with E-state index in [1.54, 1.807) is 6.20 Å². The van der Waals surface area contributed by atoms with E-state index < -0.39 is 0 Å². The molecule has 1 aliphatic rings. The minimum atomic E-state index is 0.0677. The lowest BCUT2D eigenvalue weighted by Crippen LogP contribution is -2.41. The monoisotopic (exact) mass is 353 g/mol. The average Bonchev–Trinajstić information content (AvgIpc) is 2.68. The molecule has 2 aromatic rings. The number of nitrogens with zero attached hydrogens (tertiary/aromatic N) is 3. The van der Waals surface area contributed by atoms with Gasteiger partial charge in [0.15, 0.2) is 0 Å². The van der Waals surface area contributed by atoms with E-state index in [-0.39, 0.29) is 12.5 Å². The lowest BCUT2D eigenvalue weighted by atomic mass is 9.90. The van der Waals surface area contributed by atoms with Gasteiger partial charge in [-0.25, -0.2) is 9.97 Å². The Balaban J connectivity index is 1.52. The van der Waals surface area contributed by atoms with Crippen molar-refractivity contribution in [3.8, 4) is 0 Å². The molecule has 3 rings (SSSR count). The molecular formula is C20H27N5O. The lowest BCUT2D eigenvalue weighted by Gasteiger charge is -2.31. The molecule has 0 unspecified atom stereocenters. The van der Waals surface area contributed by atoms with Crippen molar-refractivity contribution in [1.29, 1.82) is 0 Å². The Morgan fingerprint density at radius 2 is 2.08 bits per heavy atom. The fraction of sp³-hybridized carbons (Fsp3) is 0.450. The van der Waals surface area contributed by atoms with Gasteiger partial charge in [0, 0.05) is 25.5 Å². The summed E-state index contributed by atoms with van der Waals surface area (Å²) in [4.78, 5) is 22.3. The summed E-state index contributed by atoms with van der Waals surface area (Å²) in [5.41, 5.74) is 7.81. The minimum absolute atomic E-state index is 0.0677. The standard InChI is InChI=1S/C20H27N5O/c1-15-3-2-9-23-20(15)24-18-13-17(6-10-22-18)5-4-16-7-11-25(12-8-16)19(26)14-21/h2-3,6,9-10,13,16H,4-5,7-8,11-12,14,21H2,1H3,(H,22,23,24). The van der Waals surface area contributed by atoms with Crippen LogP contribution in [0.1, 0.15) is 30.4 Å². The molecule has 0 aromatic carbocycles. The third-order valence-corrected chi connectivity index (χ3v) is 5.06. The number of hydrogen-bond donors (Lipinski definition) is 2. The third kappa shape index (κ3) is 4.79. The molecule has 0 spiro atoms. The third-order valence-electron chi connectivity index (χ3n) is 5.06. The number of carbonyl (C=O) groups is 1. The van der Waals surface area contributed by atoms with E-state index in [4.69, 9.17) is 5.73 Å². The second kappa shape index (κ2) is 8.76. The summed E-state index contributed by atoms with van der Waals surface area (Å²) in [7, 11) is 0. The zero-order chi connectivity index (χ0) is 18.4. The Labute approximate surface area is 154 Å². The van der Waals surface area contributed by atoms with Crippen LogP contribution in [0.15, 0.2) is 36.7 Å². The van der Waals surface area contributed by atoms with E-state index in [9.17, 15) is 4.79 Å². The van der Waals surface area contributed by atoms with Gasteiger partial charge in [0.1, 0.15) is 11.6 Å². The van der Waals surface area contributed by atoms with Crippen LogP contribution in [0.2, 0.25) is 0 Å². The van der Waals surface area contributed by atoms with Crippen LogP contribution in [0.3, 0.4) is 0 Å². The van der Waals surface area contributed by atoms with E-state index in [1.165, 1.54) is 5.56 Å². The molecule has 2 aromatic heterocycles. The first-order valence-corrected chi connectivity index (χ1v) is 9.27. The molecule has 0 bridgehead atoms. The van der Waals surface area contributed by atoms with Gasteiger partial charge < -0.3 is 16.0 Å². The summed E-state index contributed by atoms with van der Waals surface area (Å²) in [6, 6.07) is 8.13. The van der Waals surface area contributed by atoms with Gasteiger partial charge >= 0.3 is 0 Å². The molecule has 0 atom stereocenters. The molecular weight excluding hydrogens is 326 g/mol. The number of nitrogens with two attached hydrogens (primary N) is 1. The van der Waals surface area contributed by atoms with E-state index in [0.29, 0.717) is 5.92 Å². The van der Waals surface area contributed by atoms with Crippen molar-refractivity contribution in [1.82, 2.24) is 14.9 Å². The molecule has 6 heteroatoms. The number of aryl methyl sites for hydroxylation is 2. The number of rotatable bonds is 6. The number of amides is 1. The number of hydrogen-bond acceptors (Lipinski definition) is 5. The maximum atomic E-state index is 11.6. The number of aromatic nitrogens is 2. The summed E-state index contributed by atoms with van der Waals surface area (Å²) in [5.74, 6) is 2.40. The van der Waals surface area contributed by atoms with Crippen molar-refractivity contribution in [3.63, 3.8) is 0 Å². The summed E-state index contributed by atoms with van der Waals surface area (Å²) < 4.78 is 0. The summed E-state index contributed by atoms with van der Waals surface area (Å²) in [6.07, 6.45) is 7.91. The minimum Gasteiger partial charge on any atom is -0.342 e. The SMILES string of the molecule is Cc1cccnc1Nc1cc(CCC2CCN(C(=O)CN)CC2)ccn1. The van der Waals surface area contributed by atoms with Crippen molar-refractivity contribution in [2.45, 2.75) is 32.6 Å². The summed E-state index contributed by atoms with van der Waals surface area (Å²) in [6.45, 7) is 3.82. The molecule has 0 radical (unpaired) electrons. The Kier molecular flexibility index (Phi) is 6.17. The van der Waals surface area contributed by atoms with Gasteiger partial charge in [0.25, 0.3) is 0 Å². The van der Waals surface area contributed by atoms with Crippen molar-refractivity contribution in [2.75, 3.05) is 25.0 Å². The van der Waals surface area contributed by atoms with E-state index in [0.717, 1.165) is 56.0 Å². The van der Waals surface area contributed by atoms with Crippen LogP contribution in [-0.4, -0.2) is 40.4 Å². The van der Waals surface area contributed by atoms with Crippen LogP contribution in [0.5, 0.6) is 0 Å². The molecule has 1 aliphatic heterocycles. The van der Waals surface area contributed by atoms with E-state index in [1.807, 2.05) is 30.2 Å². The zero-order valence-electron chi connectivity index (χ0n) is 15.3. The van der Waals surface area contributed by atoms with Crippen molar-refractivity contribution < 1.29 is 4.79 Å². The Hall–Kier alpha value is -2.47. The maximum Gasteiger partial charge on any atom is 0.236 e. The van der Waals surface area contributed by atoms with Gasteiger partial charge in [0.2, 0.25) is 5.91 Å². The van der Waals surface area contributed by atoms with Gasteiger partial charge in [-0.1, -0.05) is 6.07 Å². The zero-order valence-corrected chi connectivity index (χ0v) is 15.3. The topological polar surface area (TPSA) is 84.1 Å². The van der Waals surface area contributed by atoms with Crippen LogP contribution in [-0.2, 0) is 11.2 Å². The van der Waals surface area contributed by atoms with Crippen molar-refractivity contribution in [2.24, 2.45) is 11.7 Å². The molecule has 3 heterocycles. The second-order valence-corrected chi connectivity index (χ2v) is 6.91. The Morgan fingerprint density at radius 1 is 1.27 bits per heavy atom. The number of nitrogens with one attached hydrogen (secondary N) is 1. The summed E-state index contributed by atoms with van der Waals surface area (Å²) in [5, 5.41) is 3.30.